The molecule has 0 saturated carbocycles. The maximum absolute atomic E-state index is 13.7. The SMILES string of the molecule is O=C(c1ccc(-n2cc(-c3cc4cc(F)ccc4[nH]c3=O)nn2)cc1)N1CCC(OCCN2CCOCC2)C1. The number of pyridine rings is 1. The molecule has 1 amide bonds. The Morgan fingerprint density at radius 3 is 2.74 bits per heavy atom. The second kappa shape index (κ2) is 11.0. The minimum atomic E-state index is -0.389. The highest BCUT2D eigenvalue weighted by molar-refractivity contribution is 5.94. The van der Waals surface area contributed by atoms with Crippen LogP contribution in [0.15, 0.2) is 59.5 Å². The van der Waals surface area contributed by atoms with Crippen LogP contribution in [0.5, 0.6) is 0 Å². The van der Waals surface area contributed by atoms with Crippen LogP contribution in [0.1, 0.15) is 16.8 Å². The van der Waals surface area contributed by atoms with E-state index in [2.05, 4.69) is 20.2 Å². The topological polar surface area (TPSA) is 106 Å². The molecule has 2 aliphatic heterocycles. The zero-order valence-electron chi connectivity index (χ0n) is 21.4. The van der Waals surface area contributed by atoms with Crippen LogP contribution in [0, 0.1) is 5.82 Å². The van der Waals surface area contributed by atoms with Crippen LogP contribution in [-0.2, 0) is 9.47 Å². The summed E-state index contributed by atoms with van der Waals surface area (Å²) in [6, 6.07) is 12.9. The minimum absolute atomic E-state index is 0.0324. The van der Waals surface area contributed by atoms with Crippen molar-refractivity contribution < 1.29 is 18.7 Å². The number of rotatable bonds is 7. The van der Waals surface area contributed by atoms with Crippen molar-refractivity contribution >= 4 is 16.8 Å². The lowest BCUT2D eigenvalue weighted by atomic mass is 10.1. The van der Waals surface area contributed by atoms with E-state index in [1.807, 2.05) is 4.90 Å². The van der Waals surface area contributed by atoms with Crippen molar-refractivity contribution in [1.82, 2.24) is 29.8 Å². The highest BCUT2D eigenvalue weighted by Crippen LogP contribution is 2.21. The van der Waals surface area contributed by atoms with Crippen LogP contribution in [0.2, 0.25) is 0 Å². The Morgan fingerprint density at radius 1 is 1.10 bits per heavy atom. The molecule has 2 fully saturated rings. The summed E-state index contributed by atoms with van der Waals surface area (Å²) < 4.78 is 26.6. The molecule has 0 radical (unpaired) electrons. The summed E-state index contributed by atoms with van der Waals surface area (Å²) in [5.74, 6) is -0.422. The number of halogens is 1. The van der Waals surface area contributed by atoms with Crippen LogP contribution in [0.25, 0.3) is 27.8 Å². The quantitative estimate of drug-likeness (QED) is 0.390. The van der Waals surface area contributed by atoms with E-state index >= 15 is 0 Å². The van der Waals surface area contributed by atoms with Gasteiger partial charge in [0.1, 0.15) is 11.5 Å². The van der Waals surface area contributed by atoms with Gasteiger partial charge in [0.15, 0.2) is 0 Å². The lowest BCUT2D eigenvalue weighted by molar-refractivity contribution is 0.00424. The minimum Gasteiger partial charge on any atom is -0.379 e. The number of aromatic amines is 1. The fraction of sp³-hybridized carbons (Fsp3) is 0.357. The van der Waals surface area contributed by atoms with Gasteiger partial charge in [0, 0.05) is 49.2 Å². The summed E-state index contributed by atoms with van der Waals surface area (Å²) in [6.45, 7) is 6.21. The predicted octanol–water partition coefficient (Wildman–Crippen LogP) is 2.48. The Kier molecular flexibility index (Phi) is 7.18. The molecular formula is C28H29FN6O4. The summed E-state index contributed by atoms with van der Waals surface area (Å²) >= 11 is 0. The fourth-order valence-electron chi connectivity index (χ4n) is 5.04. The van der Waals surface area contributed by atoms with Crippen molar-refractivity contribution in [2.75, 3.05) is 52.5 Å². The normalized spacial score (nSPS) is 18.2. The fourth-order valence-corrected chi connectivity index (χ4v) is 5.04. The van der Waals surface area contributed by atoms with Gasteiger partial charge in [-0.05, 0) is 55.0 Å². The number of morpholine rings is 1. The van der Waals surface area contributed by atoms with Gasteiger partial charge in [-0.15, -0.1) is 5.10 Å². The van der Waals surface area contributed by atoms with Gasteiger partial charge >= 0.3 is 0 Å². The van der Waals surface area contributed by atoms with Gasteiger partial charge in [-0.2, -0.15) is 0 Å². The van der Waals surface area contributed by atoms with Gasteiger partial charge < -0.3 is 19.4 Å². The third kappa shape index (κ3) is 5.60. The third-order valence-corrected chi connectivity index (χ3v) is 7.25. The summed E-state index contributed by atoms with van der Waals surface area (Å²) in [7, 11) is 0. The van der Waals surface area contributed by atoms with Crippen LogP contribution < -0.4 is 5.56 Å². The zero-order chi connectivity index (χ0) is 26.8. The second-order valence-electron chi connectivity index (χ2n) is 9.83. The van der Waals surface area contributed by atoms with E-state index in [1.54, 1.807) is 36.5 Å². The largest absolute Gasteiger partial charge is 0.379 e. The molecular weight excluding hydrogens is 503 g/mol. The molecule has 0 bridgehead atoms. The standard InChI is InChI=1S/C28H29FN6O4/c29-21-3-6-25-20(15-21)16-24(27(36)30-25)26-18-35(32-31-26)22-4-1-19(2-5-22)28(37)34-8-7-23(17-34)39-14-11-33-9-12-38-13-10-33/h1-6,15-16,18,23H,7-14,17H2,(H,30,36). The van der Waals surface area contributed by atoms with Crippen LogP contribution in [0.4, 0.5) is 4.39 Å². The van der Waals surface area contributed by atoms with Gasteiger partial charge in [0.2, 0.25) is 0 Å². The smallest absolute Gasteiger partial charge is 0.258 e. The number of nitrogens with zero attached hydrogens (tertiary/aromatic N) is 5. The third-order valence-electron chi connectivity index (χ3n) is 7.25. The molecule has 1 atom stereocenters. The predicted molar refractivity (Wildman–Crippen MR) is 142 cm³/mol. The zero-order valence-corrected chi connectivity index (χ0v) is 21.4. The highest BCUT2D eigenvalue weighted by Gasteiger charge is 2.27. The van der Waals surface area contributed by atoms with Crippen molar-refractivity contribution in [1.29, 1.82) is 0 Å². The van der Waals surface area contributed by atoms with Crippen LogP contribution in [0.3, 0.4) is 0 Å². The molecule has 2 aromatic heterocycles. The summed E-state index contributed by atoms with van der Waals surface area (Å²) in [6.07, 6.45) is 2.51. The van der Waals surface area contributed by atoms with Gasteiger partial charge in [-0.3, -0.25) is 14.5 Å². The van der Waals surface area contributed by atoms with Gasteiger partial charge in [0.05, 0.1) is 43.4 Å². The molecule has 202 valence electrons. The molecule has 39 heavy (non-hydrogen) atoms. The molecule has 4 heterocycles. The number of likely N-dealkylation sites (tertiary alicyclic amines) is 1. The molecule has 2 saturated heterocycles. The Labute approximate surface area is 223 Å². The van der Waals surface area contributed by atoms with E-state index in [4.69, 9.17) is 9.47 Å². The number of benzene rings is 2. The monoisotopic (exact) mass is 532 g/mol. The number of H-pyrrole nitrogens is 1. The maximum atomic E-state index is 13.7. The first-order chi connectivity index (χ1) is 19.0. The first kappa shape index (κ1) is 25.4. The summed E-state index contributed by atoms with van der Waals surface area (Å²) in [5, 5.41) is 8.84. The van der Waals surface area contributed by atoms with E-state index in [9.17, 15) is 14.0 Å². The molecule has 6 rings (SSSR count). The van der Waals surface area contributed by atoms with E-state index in [0.717, 1.165) is 39.3 Å². The van der Waals surface area contributed by atoms with E-state index < -0.39 is 0 Å². The Bertz CT molecular complexity index is 1530. The summed E-state index contributed by atoms with van der Waals surface area (Å²) in [4.78, 5) is 32.6. The van der Waals surface area contributed by atoms with E-state index in [-0.39, 0.29) is 23.4 Å². The average Bonchev–Trinajstić information content (AvgIpc) is 3.64. The molecule has 11 heteroatoms. The molecule has 2 aliphatic rings. The molecule has 4 aromatic rings. The average molecular weight is 533 g/mol. The lowest BCUT2D eigenvalue weighted by Crippen LogP contribution is -2.39. The van der Waals surface area contributed by atoms with Crippen molar-refractivity contribution in [2.45, 2.75) is 12.5 Å². The van der Waals surface area contributed by atoms with E-state index in [0.29, 0.717) is 53.1 Å². The van der Waals surface area contributed by atoms with Crippen molar-refractivity contribution in [2.24, 2.45) is 0 Å². The Balaban J connectivity index is 1.08. The molecule has 2 aromatic carbocycles. The Hall–Kier alpha value is -3.93. The number of hydrogen-bond acceptors (Lipinski definition) is 7. The lowest BCUT2D eigenvalue weighted by Gasteiger charge is -2.26. The van der Waals surface area contributed by atoms with Crippen molar-refractivity contribution in [3.8, 4) is 16.9 Å². The van der Waals surface area contributed by atoms with Crippen molar-refractivity contribution in [3.05, 3.63) is 76.5 Å². The molecule has 1 unspecified atom stereocenters. The number of amides is 1. The number of aromatic nitrogens is 4. The van der Waals surface area contributed by atoms with Gasteiger partial charge in [-0.25, -0.2) is 9.07 Å². The van der Waals surface area contributed by atoms with Crippen LogP contribution >= 0.6 is 0 Å². The molecule has 1 N–H and O–H groups in total. The number of carbonyl (C=O) groups excluding carboxylic acids is 1. The molecule has 10 nitrogen and oxygen atoms in total. The highest BCUT2D eigenvalue weighted by atomic mass is 19.1. The molecule has 0 aliphatic carbocycles. The molecule has 0 spiro atoms. The Morgan fingerprint density at radius 2 is 1.92 bits per heavy atom. The first-order valence-electron chi connectivity index (χ1n) is 13.1. The number of fused-ring (bicyclic) bond motifs is 1. The van der Waals surface area contributed by atoms with Crippen molar-refractivity contribution in [3.63, 3.8) is 0 Å². The first-order valence-corrected chi connectivity index (χ1v) is 13.1. The number of nitrogens with one attached hydrogen (secondary N) is 1. The summed E-state index contributed by atoms with van der Waals surface area (Å²) in [5.41, 5.74) is 2.14. The van der Waals surface area contributed by atoms with Crippen LogP contribution in [-0.4, -0.2) is 94.3 Å². The number of carbonyl (C=O) groups is 1. The number of ether oxygens (including phenoxy) is 2. The van der Waals surface area contributed by atoms with Gasteiger partial charge in [-0.1, -0.05) is 5.21 Å². The number of hydrogen-bond donors (Lipinski definition) is 1. The van der Waals surface area contributed by atoms with E-state index in [1.165, 1.54) is 22.9 Å². The maximum Gasteiger partial charge on any atom is 0.258 e. The second-order valence-corrected chi connectivity index (χ2v) is 9.83. The van der Waals surface area contributed by atoms with Gasteiger partial charge in [0.25, 0.3) is 11.5 Å².